The number of aromatic amines is 1. The summed E-state index contributed by atoms with van der Waals surface area (Å²) < 4.78 is 0. The lowest BCUT2D eigenvalue weighted by Gasteiger charge is -2.32. The first-order chi connectivity index (χ1) is 8.06. The number of H-pyrrole nitrogens is 1. The van der Waals surface area contributed by atoms with E-state index in [1.165, 1.54) is 0 Å². The normalized spacial score (nSPS) is 23.7. The zero-order valence-corrected chi connectivity index (χ0v) is 10.6. The van der Waals surface area contributed by atoms with Gasteiger partial charge in [-0.15, -0.1) is 0 Å². The van der Waals surface area contributed by atoms with Crippen molar-refractivity contribution in [3.63, 3.8) is 0 Å². The van der Waals surface area contributed by atoms with E-state index in [1.54, 1.807) is 0 Å². The van der Waals surface area contributed by atoms with Gasteiger partial charge in [-0.2, -0.15) is 0 Å². The predicted octanol–water partition coefficient (Wildman–Crippen LogP) is 1.81. The molecule has 1 amide bonds. The number of likely N-dealkylation sites (tertiary alicyclic amines) is 1. The van der Waals surface area contributed by atoms with E-state index in [-0.39, 0.29) is 11.9 Å². The maximum absolute atomic E-state index is 12.4. The Morgan fingerprint density at radius 2 is 2.47 bits per heavy atom. The lowest BCUT2D eigenvalue weighted by molar-refractivity contribution is -0.137. The van der Waals surface area contributed by atoms with E-state index in [0.717, 1.165) is 25.1 Å². The number of rotatable bonds is 3. The molecule has 1 saturated heterocycles. The Morgan fingerprint density at radius 3 is 3.06 bits per heavy atom. The first-order valence-electron chi connectivity index (χ1n) is 6.29. The number of nitrogens with two attached hydrogens (primary N) is 1. The van der Waals surface area contributed by atoms with Crippen molar-refractivity contribution < 1.29 is 4.79 Å². The highest BCUT2D eigenvalue weighted by molar-refractivity contribution is 5.86. The molecule has 1 aliphatic heterocycles. The summed E-state index contributed by atoms with van der Waals surface area (Å²) >= 11 is 0. The Labute approximate surface area is 102 Å². The van der Waals surface area contributed by atoms with Crippen molar-refractivity contribution >= 4 is 5.91 Å². The van der Waals surface area contributed by atoms with Crippen LogP contribution in [0, 0.1) is 0 Å². The molecule has 0 saturated carbocycles. The fourth-order valence-electron chi connectivity index (χ4n) is 2.36. The minimum atomic E-state index is -0.741. The van der Waals surface area contributed by atoms with Crippen LogP contribution in [0.3, 0.4) is 0 Å². The Hall–Kier alpha value is -1.29. The molecule has 1 aliphatic rings. The molecule has 94 valence electrons. The first-order valence-corrected chi connectivity index (χ1v) is 6.29. The molecule has 1 aromatic heterocycles. The second-order valence-corrected chi connectivity index (χ2v) is 5.05. The highest BCUT2D eigenvalue weighted by atomic mass is 16.2. The van der Waals surface area contributed by atoms with Crippen LogP contribution in [0.15, 0.2) is 18.3 Å². The average Bonchev–Trinajstić information content (AvgIpc) is 2.97. The van der Waals surface area contributed by atoms with Gasteiger partial charge in [0.2, 0.25) is 5.91 Å². The van der Waals surface area contributed by atoms with E-state index in [2.05, 4.69) is 4.98 Å². The van der Waals surface area contributed by atoms with E-state index >= 15 is 0 Å². The van der Waals surface area contributed by atoms with Gasteiger partial charge in [-0.1, -0.05) is 6.92 Å². The molecule has 1 aromatic rings. The summed E-state index contributed by atoms with van der Waals surface area (Å²) in [6.45, 7) is 4.59. The third-order valence-electron chi connectivity index (χ3n) is 3.72. The van der Waals surface area contributed by atoms with Crippen molar-refractivity contribution in [3.05, 3.63) is 24.0 Å². The molecule has 0 spiro atoms. The topological polar surface area (TPSA) is 62.1 Å². The largest absolute Gasteiger partial charge is 0.363 e. The summed E-state index contributed by atoms with van der Waals surface area (Å²) in [6, 6.07) is 4.18. The molecule has 2 unspecified atom stereocenters. The van der Waals surface area contributed by atoms with E-state index in [1.807, 2.05) is 37.1 Å². The van der Waals surface area contributed by atoms with Crippen LogP contribution in [-0.2, 0) is 4.79 Å². The Morgan fingerprint density at radius 1 is 1.71 bits per heavy atom. The van der Waals surface area contributed by atoms with Crippen LogP contribution in [0.5, 0.6) is 0 Å². The molecule has 2 atom stereocenters. The van der Waals surface area contributed by atoms with Crippen LogP contribution in [0.1, 0.15) is 44.8 Å². The van der Waals surface area contributed by atoms with Crippen molar-refractivity contribution in [1.29, 1.82) is 0 Å². The number of hydrogen-bond donors (Lipinski definition) is 2. The number of nitrogens with one attached hydrogen (secondary N) is 1. The van der Waals surface area contributed by atoms with Gasteiger partial charge in [0, 0.05) is 18.4 Å². The molecule has 4 nitrogen and oxygen atoms in total. The number of hydrogen-bond acceptors (Lipinski definition) is 2. The van der Waals surface area contributed by atoms with Gasteiger partial charge in [0.05, 0.1) is 11.6 Å². The minimum absolute atomic E-state index is 0.0668. The van der Waals surface area contributed by atoms with Crippen LogP contribution in [-0.4, -0.2) is 27.9 Å². The molecule has 0 radical (unpaired) electrons. The summed E-state index contributed by atoms with van der Waals surface area (Å²) in [6.07, 6.45) is 4.64. The number of amides is 1. The molecule has 0 aliphatic carbocycles. The predicted molar refractivity (Wildman–Crippen MR) is 67.4 cm³/mol. The zero-order chi connectivity index (χ0) is 12.5. The Bertz CT molecular complexity index is 383. The third kappa shape index (κ3) is 2.22. The quantitative estimate of drug-likeness (QED) is 0.839. The van der Waals surface area contributed by atoms with Gasteiger partial charge in [0.1, 0.15) is 0 Å². The van der Waals surface area contributed by atoms with E-state index in [4.69, 9.17) is 5.73 Å². The van der Waals surface area contributed by atoms with Gasteiger partial charge < -0.3 is 15.6 Å². The van der Waals surface area contributed by atoms with Gasteiger partial charge >= 0.3 is 0 Å². The summed E-state index contributed by atoms with van der Waals surface area (Å²) in [5.74, 6) is 0.0668. The van der Waals surface area contributed by atoms with E-state index < -0.39 is 5.54 Å². The fraction of sp³-hybridized carbons (Fsp3) is 0.615. The van der Waals surface area contributed by atoms with Crippen molar-refractivity contribution in [1.82, 2.24) is 9.88 Å². The average molecular weight is 235 g/mol. The standard InChI is InChI=1S/C13H21N3O/c1-3-13(2,14)12(17)16-9-5-7-11(16)10-6-4-8-15-10/h4,6,8,11,15H,3,5,7,9,14H2,1-2H3. The molecular formula is C13H21N3O. The van der Waals surface area contributed by atoms with Crippen molar-refractivity contribution in [2.24, 2.45) is 5.73 Å². The van der Waals surface area contributed by atoms with Crippen LogP contribution in [0.25, 0.3) is 0 Å². The third-order valence-corrected chi connectivity index (χ3v) is 3.72. The number of aromatic nitrogens is 1. The molecule has 0 bridgehead atoms. The van der Waals surface area contributed by atoms with Gasteiger partial charge in [-0.05, 0) is 38.3 Å². The van der Waals surface area contributed by atoms with Gasteiger partial charge in [0.25, 0.3) is 0 Å². The smallest absolute Gasteiger partial charge is 0.242 e. The number of carbonyl (C=O) groups excluding carboxylic acids is 1. The molecule has 3 N–H and O–H groups in total. The van der Waals surface area contributed by atoms with Gasteiger partial charge in [-0.25, -0.2) is 0 Å². The van der Waals surface area contributed by atoms with Gasteiger partial charge in [-0.3, -0.25) is 4.79 Å². The lowest BCUT2D eigenvalue weighted by atomic mass is 9.98. The van der Waals surface area contributed by atoms with Crippen LogP contribution < -0.4 is 5.73 Å². The molecule has 17 heavy (non-hydrogen) atoms. The van der Waals surface area contributed by atoms with Crippen molar-refractivity contribution in [2.45, 2.75) is 44.7 Å². The van der Waals surface area contributed by atoms with Crippen LogP contribution >= 0.6 is 0 Å². The Kier molecular flexibility index (Phi) is 3.24. The molecule has 1 fully saturated rings. The Balaban J connectivity index is 2.18. The molecule has 0 aromatic carbocycles. The van der Waals surface area contributed by atoms with E-state index in [9.17, 15) is 4.79 Å². The molecular weight excluding hydrogens is 214 g/mol. The molecule has 2 heterocycles. The first kappa shape index (κ1) is 12.2. The summed E-state index contributed by atoms with van der Waals surface area (Å²) in [7, 11) is 0. The van der Waals surface area contributed by atoms with Crippen LogP contribution in [0.2, 0.25) is 0 Å². The van der Waals surface area contributed by atoms with Crippen molar-refractivity contribution in [2.75, 3.05) is 6.54 Å². The van der Waals surface area contributed by atoms with Crippen molar-refractivity contribution in [3.8, 4) is 0 Å². The van der Waals surface area contributed by atoms with Gasteiger partial charge in [0.15, 0.2) is 0 Å². The molecule has 4 heteroatoms. The number of nitrogens with zero attached hydrogens (tertiary/aromatic N) is 1. The highest BCUT2D eigenvalue weighted by Crippen LogP contribution is 2.32. The number of carbonyl (C=O) groups is 1. The monoisotopic (exact) mass is 235 g/mol. The van der Waals surface area contributed by atoms with Crippen LogP contribution in [0.4, 0.5) is 0 Å². The van der Waals surface area contributed by atoms with E-state index in [0.29, 0.717) is 6.42 Å². The summed E-state index contributed by atoms with van der Waals surface area (Å²) in [4.78, 5) is 17.5. The maximum Gasteiger partial charge on any atom is 0.242 e. The molecule has 2 rings (SSSR count). The highest BCUT2D eigenvalue weighted by Gasteiger charge is 2.37. The zero-order valence-electron chi connectivity index (χ0n) is 10.6. The lowest BCUT2D eigenvalue weighted by Crippen LogP contribution is -2.52. The minimum Gasteiger partial charge on any atom is -0.363 e. The fourth-order valence-corrected chi connectivity index (χ4v) is 2.36. The maximum atomic E-state index is 12.4. The SMILES string of the molecule is CCC(C)(N)C(=O)N1CCCC1c1ccc[nH]1. The second kappa shape index (κ2) is 4.53. The second-order valence-electron chi connectivity index (χ2n) is 5.05. The summed E-state index contributed by atoms with van der Waals surface area (Å²) in [5, 5.41) is 0. The summed E-state index contributed by atoms with van der Waals surface area (Å²) in [5.41, 5.74) is 6.43.